The van der Waals surface area contributed by atoms with Gasteiger partial charge in [0.05, 0.1) is 23.5 Å². The fourth-order valence-corrected chi connectivity index (χ4v) is 11.1. The number of oxime groups is 1. The molecule has 4 aliphatic rings. The van der Waals surface area contributed by atoms with Crippen LogP contribution in [0.2, 0.25) is 0 Å². The monoisotopic (exact) mass is 737 g/mol. The average molecular weight is 738 g/mol. The lowest BCUT2D eigenvalue weighted by molar-refractivity contribution is -0.223. The van der Waals surface area contributed by atoms with Gasteiger partial charge >= 0.3 is 0 Å². The minimum Gasteiger partial charge on any atom is -0.460 e. The third-order valence-corrected chi connectivity index (χ3v) is 13.4. The Balaban J connectivity index is 1.33. The van der Waals surface area contributed by atoms with Crippen LogP contribution in [0.1, 0.15) is 82.1 Å². The Kier molecular flexibility index (Phi) is 12.6. The zero-order valence-corrected chi connectivity index (χ0v) is 31.9. The van der Waals surface area contributed by atoms with Gasteiger partial charge in [-0.3, -0.25) is 0 Å². The van der Waals surface area contributed by atoms with Gasteiger partial charge in [0, 0.05) is 36.4 Å². The van der Waals surface area contributed by atoms with Crippen molar-refractivity contribution in [3.63, 3.8) is 0 Å². The van der Waals surface area contributed by atoms with Gasteiger partial charge in [0.15, 0.2) is 0 Å². The molecular formula is C45H55NO6S. The van der Waals surface area contributed by atoms with Crippen molar-refractivity contribution in [1.29, 1.82) is 0 Å². The predicted molar refractivity (Wildman–Crippen MR) is 214 cm³/mol. The lowest BCUT2D eigenvalue weighted by Gasteiger charge is -2.58. The molecule has 2 saturated carbocycles. The number of aliphatic hydroxyl groups excluding tert-OH is 2. The molecule has 2 N–H and O–H groups in total. The highest BCUT2D eigenvalue weighted by molar-refractivity contribution is 8.00. The number of fused-ring (bicyclic) bond motifs is 2. The molecule has 0 spiro atoms. The van der Waals surface area contributed by atoms with Gasteiger partial charge in [-0.2, -0.15) is 0 Å². The third-order valence-electron chi connectivity index (χ3n) is 11.7. The van der Waals surface area contributed by atoms with E-state index in [4.69, 9.17) is 24.2 Å². The molecule has 0 radical (unpaired) electrons. The number of unbranched alkanes of at least 4 members (excludes halogenated alkanes) is 2. The van der Waals surface area contributed by atoms with Crippen LogP contribution in [0.3, 0.4) is 0 Å². The number of aliphatic hydroxyl groups is 2. The Hall–Kier alpha value is -3.56. The molecule has 2 fully saturated rings. The van der Waals surface area contributed by atoms with Crippen molar-refractivity contribution in [2.45, 2.75) is 92.8 Å². The minimum absolute atomic E-state index is 0.000311. The van der Waals surface area contributed by atoms with Crippen LogP contribution in [0, 0.1) is 17.8 Å². The van der Waals surface area contributed by atoms with Crippen LogP contribution in [-0.2, 0) is 9.57 Å². The van der Waals surface area contributed by atoms with Crippen molar-refractivity contribution >= 4 is 17.5 Å². The van der Waals surface area contributed by atoms with Crippen LogP contribution >= 0.6 is 11.8 Å². The van der Waals surface area contributed by atoms with Crippen LogP contribution in [0.15, 0.2) is 102 Å². The first-order valence-corrected chi connectivity index (χ1v) is 20.6. The van der Waals surface area contributed by atoms with Crippen LogP contribution < -0.4 is 9.47 Å². The van der Waals surface area contributed by atoms with Crippen molar-refractivity contribution in [1.82, 2.24) is 0 Å². The second-order valence-electron chi connectivity index (χ2n) is 15.0. The van der Waals surface area contributed by atoms with Crippen LogP contribution in [0.5, 0.6) is 17.2 Å². The van der Waals surface area contributed by atoms with Gasteiger partial charge < -0.3 is 29.3 Å². The van der Waals surface area contributed by atoms with E-state index in [1.165, 1.54) is 31.2 Å². The van der Waals surface area contributed by atoms with E-state index >= 15 is 0 Å². The molecule has 0 aromatic heterocycles. The summed E-state index contributed by atoms with van der Waals surface area (Å²) in [5, 5.41) is 24.9. The quantitative estimate of drug-likeness (QED) is 0.0810. The fraction of sp³-hybridized carbons (Fsp3) is 0.489. The van der Waals surface area contributed by atoms with Gasteiger partial charge in [-0.25, -0.2) is 0 Å². The molecule has 7 nitrogen and oxygen atoms in total. The molecule has 1 heterocycles. The van der Waals surface area contributed by atoms with Crippen LogP contribution in [0.25, 0.3) is 11.1 Å². The van der Waals surface area contributed by atoms with E-state index in [0.29, 0.717) is 18.3 Å². The smallest absolute Gasteiger partial charge is 0.230 e. The molecular weight excluding hydrogens is 683 g/mol. The topological polar surface area (TPSA) is 89.7 Å². The number of hydrogen-bond donors (Lipinski definition) is 2. The second-order valence-corrected chi connectivity index (χ2v) is 16.5. The molecule has 8 heteroatoms. The van der Waals surface area contributed by atoms with E-state index in [2.05, 4.69) is 61.2 Å². The van der Waals surface area contributed by atoms with Gasteiger partial charge in [0.2, 0.25) is 5.79 Å². The summed E-state index contributed by atoms with van der Waals surface area (Å²) < 4.78 is 21.0. The molecule has 0 amide bonds. The zero-order valence-electron chi connectivity index (χ0n) is 31.0. The van der Waals surface area contributed by atoms with E-state index in [0.717, 1.165) is 78.2 Å². The Morgan fingerprint density at radius 1 is 0.906 bits per heavy atom. The largest absolute Gasteiger partial charge is 0.460 e. The van der Waals surface area contributed by atoms with E-state index in [9.17, 15) is 10.2 Å². The first-order chi connectivity index (χ1) is 26.1. The van der Waals surface area contributed by atoms with Crippen molar-refractivity contribution in [2.24, 2.45) is 22.9 Å². The van der Waals surface area contributed by atoms with Gasteiger partial charge in [0.25, 0.3) is 0 Å². The maximum absolute atomic E-state index is 9.88. The fourth-order valence-electron chi connectivity index (χ4n) is 9.36. The van der Waals surface area contributed by atoms with Gasteiger partial charge in [-0.05, 0) is 97.4 Å². The summed E-state index contributed by atoms with van der Waals surface area (Å²) in [4.78, 5) is 5.58. The predicted octanol–water partition coefficient (Wildman–Crippen LogP) is 10.1. The number of allylic oxidation sites excluding steroid dienone is 1. The van der Waals surface area contributed by atoms with Gasteiger partial charge in [-0.1, -0.05) is 85.5 Å². The highest BCUT2D eigenvalue weighted by atomic mass is 32.2. The number of hydrogen-bond acceptors (Lipinski definition) is 8. The van der Waals surface area contributed by atoms with E-state index < -0.39 is 5.79 Å². The third kappa shape index (κ3) is 8.12. The average Bonchev–Trinajstić information content (AvgIpc) is 3.70. The number of ether oxygens (including phenoxy) is 3. The molecule has 6 unspecified atom stereocenters. The van der Waals surface area contributed by atoms with Crippen molar-refractivity contribution < 1.29 is 29.3 Å². The van der Waals surface area contributed by atoms with Crippen molar-refractivity contribution in [3.8, 4) is 28.4 Å². The number of nitrogens with zero attached hydrogens (tertiary/aromatic N) is 1. The number of rotatable bonds is 17. The normalized spacial score (nSPS) is 27.0. The molecule has 0 saturated heterocycles. The minimum atomic E-state index is -0.932. The Morgan fingerprint density at radius 3 is 2.34 bits per heavy atom. The lowest BCUT2D eigenvalue weighted by Crippen LogP contribution is -2.64. The molecule has 6 atom stereocenters. The summed E-state index contributed by atoms with van der Waals surface area (Å²) in [6.45, 7) is 4.79. The molecule has 7 rings (SSSR count). The Bertz CT molecular complexity index is 1720. The Morgan fingerprint density at radius 2 is 1.62 bits per heavy atom. The summed E-state index contributed by atoms with van der Waals surface area (Å²) in [5.41, 5.74) is 5.58. The SMILES string of the molecule is C=CCOC12Oc3ccc(Oc4ccc(-c5ccccc5)cc4)cc3C3C(CCCCO)C(CCCCO)C=C(C(=NOC)CC1SC1CCCC1)C32. The summed E-state index contributed by atoms with van der Waals surface area (Å²) >= 11 is 2.02. The molecule has 3 aromatic carbocycles. The highest BCUT2D eigenvalue weighted by Gasteiger charge is 2.64. The van der Waals surface area contributed by atoms with E-state index in [-0.39, 0.29) is 42.1 Å². The number of thioether (sulfide) groups is 1. The van der Waals surface area contributed by atoms with Crippen molar-refractivity contribution in [2.75, 3.05) is 26.9 Å². The summed E-state index contributed by atoms with van der Waals surface area (Å²) in [5.74, 6) is 1.85. The highest BCUT2D eigenvalue weighted by Crippen LogP contribution is 2.63. The van der Waals surface area contributed by atoms with Crippen molar-refractivity contribution in [3.05, 3.63) is 103 Å². The zero-order chi connectivity index (χ0) is 36.6. The second kappa shape index (κ2) is 17.7. The summed E-state index contributed by atoms with van der Waals surface area (Å²) in [6, 6.07) is 24.9. The first-order valence-electron chi connectivity index (χ1n) is 19.7. The molecule has 3 aromatic rings. The maximum Gasteiger partial charge on any atom is 0.230 e. The molecule has 1 aliphatic heterocycles. The number of benzene rings is 3. The lowest BCUT2D eigenvalue weighted by atomic mass is 9.56. The first kappa shape index (κ1) is 37.7. The standard InChI is InChI=1S/C45H55NO6S/c1-3-27-50-45-42(53-36-16-7-8-17-36)30-40(46-49-2)38-28-33(15-9-11-25-47)37(18-10-12-26-48)43(44(38)45)39-29-35(23-24-41(39)52-45)51-34-21-19-32(20-22-34)31-13-5-4-6-14-31/h3-6,13-14,19-24,28-29,33,36-37,42-44,47-48H,1,7-12,15-18,25-27,30H2,2H3. The van der Waals surface area contributed by atoms with E-state index in [1.807, 2.05) is 42.1 Å². The van der Waals surface area contributed by atoms with Crippen LogP contribution in [-0.4, -0.2) is 59.1 Å². The van der Waals surface area contributed by atoms with Crippen LogP contribution in [0.4, 0.5) is 0 Å². The van der Waals surface area contributed by atoms with Gasteiger partial charge in [-0.15, -0.1) is 18.3 Å². The Labute approximate surface area is 319 Å². The summed E-state index contributed by atoms with van der Waals surface area (Å²) in [6.07, 6.45) is 15.2. The maximum atomic E-state index is 9.88. The van der Waals surface area contributed by atoms with E-state index in [1.54, 1.807) is 7.11 Å². The summed E-state index contributed by atoms with van der Waals surface area (Å²) in [7, 11) is 1.64. The molecule has 53 heavy (non-hydrogen) atoms. The molecule has 3 aliphatic carbocycles. The molecule has 282 valence electrons. The molecule has 0 bridgehead atoms. The van der Waals surface area contributed by atoms with Gasteiger partial charge in [0.1, 0.15) is 24.4 Å².